The van der Waals surface area contributed by atoms with Crippen LogP contribution in [0.1, 0.15) is 29.0 Å². The molecule has 146 valence electrons. The number of imidazole rings is 1. The van der Waals surface area contributed by atoms with E-state index in [0.29, 0.717) is 12.3 Å². The van der Waals surface area contributed by atoms with Gasteiger partial charge >= 0.3 is 0 Å². The average Bonchev–Trinajstić information content (AvgIpc) is 3.32. The summed E-state index contributed by atoms with van der Waals surface area (Å²) in [5, 5.41) is 3.28. The third kappa shape index (κ3) is 3.23. The van der Waals surface area contributed by atoms with Gasteiger partial charge in [0.05, 0.1) is 11.4 Å². The fraction of sp³-hybridized carbons (Fsp3) is 0.250. The minimum absolute atomic E-state index is 0.213. The molecule has 1 atom stereocenters. The quantitative estimate of drug-likeness (QED) is 0.662. The summed E-state index contributed by atoms with van der Waals surface area (Å²) < 4.78 is 2.19. The molecule has 0 radical (unpaired) electrons. The zero-order valence-corrected chi connectivity index (χ0v) is 16.6. The molecule has 29 heavy (non-hydrogen) atoms. The van der Waals surface area contributed by atoms with Crippen molar-refractivity contribution in [1.82, 2.24) is 9.55 Å². The Hall–Kier alpha value is -3.34. The standard InChI is InChI=1S/C24H24N4O/c1-16-26-21-7-6-19(15-22(21)27(16)2)18-4-3-5-20(14-18)23(29)12-17-8-10-28-11-9-25-24(28)13-17/h3-7,9,11,14-15,17,26H,1,8,10,12-13H2,2H3. The second-order valence-electron chi connectivity index (χ2n) is 7.97. The molecule has 0 saturated carbocycles. The number of aromatic nitrogens is 2. The van der Waals surface area contributed by atoms with Gasteiger partial charge in [-0.3, -0.25) is 4.79 Å². The number of rotatable bonds is 4. The van der Waals surface area contributed by atoms with Crippen LogP contribution < -0.4 is 10.2 Å². The van der Waals surface area contributed by atoms with Gasteiger partial charge in [-0.25, -0.2) is 4.98 Å². The van der Waals surface area contributed by atoms with E-state index in [2.05, 4.69) is 45.7 Å². The fourth-order valence-electron chi connectivity index (χ4n) is 4.32. The van der Waals surface area contributed by atoms with Gasteiger partial charge in [0.1, 0.15) is 11.6 Å². The molecule has 2 aliphatic rings. The summed E-state index contributed by atoms with van der Waals surface area (Å²) >= 11 is 0. The van der Waals surface area contributed by atoms with Crippen LogP contribution in [0.15, 0.2) is 67.3 Å². The van der Waals surface area contributed by atoms with Gasteiger partial charge in [-0.15, -0.1) is 0 Å². The van der Waals surface area contributed by atoms with Crippen LogP contribution in [0.2, 0.25) is 0 Å². The fourth-order valence-corrected chi connectivity index (χ4v) is 4.32. The summed E-state index contributed by atoms with van der Waals surface area (Å²) in [6.45, 7) is 4.97. The van der Waals surface area contributed by atoms with E-state index in [-0.39, 0.29) is 5.78 Å². The first-order valence-corrected chi connectivity index (χ1v) is 10.1. The highest BCUT2D eigenvalue weighted by molar-refractivity contribution is 5.97. The monoisotopic (exact) mass is 384 g/mol. The van der Waals surface area contributed by atoms with Crippen LogP contribution in [0, 0.1) is 5.92 Å². The molecule has 3 aromatic rings. The Morgan fingerprint density at radius 1 is 1.24 bits per heavy atom. The molecule has 0 aliphatic carbocycles. The minimum Gasteiger partial charge on any atom is -0.340 e. The third-order valence-electron chi connectivity index (χ3n) is 6.09. The number of benzene rings is 2. The van der Waals surface area contributed by atoms with Gasteiger partial charge in [-0.2, -0.15) is 0 Å². The number of carbonyl (C=O) groups is 1. The molecular weight excluding hydrogens is 360 g/mol. The number of Topliss-reactive ketones (excluding diaryl/α,β-unsaturated/α-hetero) is 1. The van der Waals surface area contributed by atoms with Crippen molar-refractivity contribution in [3.8, 4) is 11.1 Å². The largest absolute Gasteiger partial charge is 0.340 e. The highest BCUT2D eigenvalue weighted by Crippen LogP contribution is 2.38. The van der Waals surface area contributed by atoms with Gasteiger partial charge < -0.3 is 14.8 Å². The van der Waals surface area contributed by atoms with E-state index in [1.807, 2.05) is 42.5 Å². The number of aryl methyl sites for hydroxylation is 1. The van der Waals surface area contributed by atoms with E-state index >= 15 is 0 Å². The van der Waals surface area contributed by atoms with Gasteiger partial charge in [0.25, 0.3) is 0 Å². The SMILES string of the molecule is C=C1Nc2ccc(-c3cccc(C(=O)CC4CCn5ccnc5C4)c3)cc2N1C. The van der Waals surface area contributed by atoms with Crippen LogP contribution in [0.4, 0.5) is 11.4 Å². The molecule has 5 rings (SSSR count). The zero-order valence-electron chi connectivity index (χ0n) is 16.6. The van der Waals surface area contributed by atoms with E-state index in [1.165, 1.54) is 0 Å². The van der Waals surface area contributed by atoms with Crippen LogP contribution in [0.5, 0.6) is 0 Å². The topological polar surface area (TPSA) is 50.2 Å². The smallest absolute Gasteiger partial charge is 0.163 e. The number of nitrogens with zero attached hydrogens (tertiary/aromatic N) is 3. The van der Waals surface area contributed by atoms with Crippen molar-refractivity contribution in [2.75, 3.05) is 17.3 Å². The van der Waals surface area contributed by atoms with Crippen molar-refractivity contribution < 1.29 is 4.79 Å². The maximum absolute atomic E-state index is 13.0. The van der Waals surface area contributed by atoms with Crippen molar-refractivity contribution in [3.05, 3.63) is 78.6 Å². The summed E-state index contributed by atoms with van der Waals surface area (Å²) in [5.41, 5.74) is 5.10. The first-order chi connectivity index (χ1) is 14.1. The Morgan fingerprint density at radius 2 is 2.10 bits per heavy atom. The molecule has 1 N–H and O–H groups in total. The first-order valence-electron chi connectivity index (χ1n) is 10.1. The maximum atomic E-state index is 13.0. The molecule has 5 nitrogen and oxygen atoms in total. The zero-order chi connectivity index (χ0) is 20.0. The van der Waals surface area contributed by atoms with E-state index < -0.39 is 0 Å². The molecule has 1 unspecified atom stereocenters. The molecule has 2 aliphatic heterocycles. The highest BCUT2D eigenvalue weighted by atomic mass is 16.1. The molecule has 0 fully saturated rings. The molecule has 3 heterocycles. The molecule has 0 saturated heterocycles. The summed E-state index contributed by atoms with van der Waals surface area (Å²) in [6.07, 6.45) is 6.36. The number of anilines is 2. The lowest BCUT2D eigenvalue weighted by atomic mass is 9.89. The van der Waals surface area contributed by atoms with E-state index in [4.69, 9.17) is 0 Å². The van der Waals surface area contributed by atoms with Gasteiger partial charge in [0.2, 0.25) is 0 Å². The lowest BCUT2D eigenvalue weighted by molar-refractivity contribution is 0.0953. The van der Waals surface area contributed by atoms with Crippen LogP contribution in [-0.2, 0) is 13.0 Å². The number of ketones is 1. The predicted octanol–water partition coefficient (Wildman–Crippen LogP) is 4.72. The van der Waals surface area contributed by atoms with Crippen molar-refractivity contribution >= 4 is 17.2 Å². The highest BCUT2D eigenvalue weighted by Gasteiger charge is 2.23. The molecule has 5 heteroatoms. The average molecular weight is 384 g/mol. The summed E-state index contributed by atoms with van der Waals surface area (Å²) in [5.74, 6) is 2.55. The second kappa shape index (κ2) is 6.92. The lowest BCUT2D eigenvalue weighted by Gasteiger charge is -2.22. The Labute approximate surface area is 170 Å². The Kier molecular flexibility index (Phi) is 4.23. The first kappa shape index (κ1) is 17.7. The van der Waals surface area contributed by atoms with Crippen molar-refractivity contribution in [2.45, 2.75) is 25.8 Å². The van der Waals surface area contributed by atoms with Crippen molar-refractivity contribution in [2.24, 2.45) is 5.92 Å². The van der Waals surface area contributed by atoms with Gasteiger partial charge in [-0.05, 0) is 41.7 Å². The summed E-state index contributed by atoms with van der Waals surface area (Å²) in [6, 6.07) is 14.3. The molecular formula is C24H24N4O. The van der Waals surface area contributed by atoms with Crippen LogP contribution in [0.3, 0.4) is 0 Å². The normalized spacial score (nSPS) is 17.6. The minimum atomic E-state index is 0.213. The van der Waals surface area contributed by atoms with E-state index in [9.17, 15) is 4.79 Å². The lowest BCUT2D eigenvalue weighted by Crippen LogP contribution is -2.21. The number of hydrogen-bond acceptors (Lipinski definition) is 4. The molecule has 0 bridgehead atoms. The van der Waals surface area contributed by atoms with Crippen LogP contribution >= 0.6 is 0 Å². The van der Waals surface area contributed by atoms with Gasteiger partial charge in [-0.1, -0.05) is 30.8 Å². The van der Waals surface area contributed by atoms with E-state index in [1.54, 1.807) is 0 Å². The summed E-state index contributed by atoms with van der Waals surface area (Å²) in [7, 11) is 2.00. The van der Waals surface area contributed by atoms with Crippen LogP contribution in [0.25, 0.3) is 11.1 Å². The molecule has 0 amide bonds. The molecule has 2 aromatic carbocycles. The number of carbonyl (C=O) groups excluding carboxylic acids is 1. The Morgan fingerprint density at radius 3 is 3.00 bits per heavy atom. The van der Waals surface area contributed by atoms with Crippen molar-refractivity contribution in [1.29, 1.82) is 0 Å². The second-order valence-corrected chi connectivity index (χ2v) is 7.97. The maximum Gasteiger partial charge on any atom is 0.163 e. The number of fused-ring (bicyclic) bond motifs is 2. The molecule has 0 spiro atoms. The predicted molar refractivity (Wildman–Crippen MR) is 116 cm³/mol. The number of nitrogens with one attached hydrogen (secondary N) is 1. The third-order valence-corrected chi connectivity index (χ3v) is 6.09. The van der Waals surface area contributed by atoms with Gasteiger partial charge in [0.15, 0.2) is 5.78 Å². The Balaban J connectivity index is 1.35. The Bertz CT molecular complexity index is 1110. The van der Waals surface area contributed by atoms with Crippen LogP contribution in [-0.4, -0.2) is 22.4 Å². The van der Waals surface area contributed by atoms with Crippen molar-refractivity contribution in [3.63, 3.8) is 0 Å². The molecule has 1 aromatic heterocycles. The van der Waals surface area contributed by atoms with Gasteiger partial charge in [0, 0.05) is 44.4 Å². The van der Waals surface area contributed by atoms with E-state index in [0.717, 1.165) is 59.1 Å². The summed E-state index contributed by atoms with van der Waals surface area (Å²) in [4.78, 5) is 19.4. The number of hydrogen-bond donors (Lipinski definition) is 1.